The van der Waals surface area contributed by atoms with E-state index >= 15 is 0 Å². The zero-order valence-corrected chi connectivity index (χ0v) is 18.4. The number of benzene rings is 1. The highest BCUT2D eigenvalue weighted by molar-refractivity contribution is 5.92. The van der Waals surface area contributed by atoms with E-state index in [1.807, 2.05) is 10.9 Å². The summed E-state index contributed by atoms with van der Waals surface area (Å²) in [4.78, 5) is 14.9. The van der Waals surface area contributed by atoms with Crippen molar-refractivity contribution in [3.8, 4) is 0 Å². The van der Waals surface area contributed by atoms with Crippen molar-refractivity contribution in [3.05, 3.63) is 53.3 Å². The first-order valence-electron chi connectivity index (χ1n) is 10.6. The molecule has 0 bridgehead atoms. The van der Waals surface area contributed by atoms with Gasteiger partial charge in [0.25, 0.3) is 5.91 Å². The molecular weight excluding hydrogens is 402 g/mol. The highest BCUT2D eigenvalue weighted by Gasteiger charge is 2.18. The topological polar surface area (TPSA) is 71.4 Å². The normalized spacial score (nSPS) is 22.3. The third-order valence-corrected chi connectivity index (χ3v) is 5.66. The molecule has 0 radical (unpaired) electrons. The van der Waals surface area contributed by atoms with Crippen LogP contribution in [-0.2, 0) is 17.8 Å². The van der Waals surface area contributed by atoms with E-state index in [0.717, 1.165) is 57.7 Å². The van der Waals surface area contributed by atoms with Gasteiger partial charge in [0.15, 0.2) is 0 Å². The Bertz CT molecular complexity index is 821. The lowest BCUT2D eigenvalue weighted by Gasteiger charge is -2.31. The summed E-state index contributed by atoms with van der Waals surface area (Å²) in [5, 5.41) is 10.9. The molecule has 7 nitrogen and oxygen atoms in total. The maximum atomic E-state index is 12.5. The van der Waals surface area contributed by atoms with Gasteiger partial charge < -0.3 is 15.4 Å². The summed E-state index contributed by atoms with van der Waals surface area (Å²) in [5.74, 6) is -0.125. The van der Waals surface area contributed by atoms with Crippen LogP contribution in [0, 0.1) is 0 Å². The monoisotopic (exact) mass is 433 g/mol. The number of piperidine rings is 1. The molecule has 30 heavy (non-hydrogen) atoms. The molecule has 2 unspecified atom stereocenters. The van der Waals surface area contributed by atoms with E-state index in [-0.39, 0.29) is 24.4 Å². The van der Waals surface area contributed by atoms with E-state index < -0.39 is 0 Å². The Balaban J connectivity index is 0.00000256. The number of nitrogens with zero attached hydrogens (tertiary/aromatic N) is 3. The average molecular weight is 434 g/mol. The first kappa shape index (κ1) is 22.7. The summed E-state index contributed by atoms with van der Waals surface area (Å²) in [6, 6.07) is 10.6. The fourth-order valence-corrected chi connectivity index (χ4v) is 4.12. The second kappa shape index (κ2) is 10.9. The summed E-state index contributed by atoms with van der Waals surface area (Å²) in [6.45, 7) is 8.22. The third kappa shape index (κ3) is 6.04. The molecule has 0 spiro atoms. The van der Waals surface area contributed by atoms with Crippen LogP contribution in [0.1, 0.15) is 47.4 Å². The molecule has 2 aliphatic heterocycles. The van der Waals surface area contributed by atoms with Crippen molar-refractivity contribution < 1.29 is 9.53 Å². The number of hydrogen-bond donors (Lipinski definition) is 2. The number of morpholine rings is 1. The van der Waals surface area contributed by atoms with Gasteiger partial charge in [0.05, 0.1) is 18.8 Å². The van der Waals surface area contributed by atoms with E-state index in [1.165, 1.54) is 5.56 Å². The van der Waals surface area contributed by atoms with E-state index in [0.29, 0.717) is 18.3 Å². The summed E-state index contributed by atoms with van der Waals surface area (Å²) < 4.78 is 7.54. The van der Waals surface area contributed by atoms with Crippen LogP contribution in [0.5, 0.6) is 0 Å². The standard InChI is InChI=1S/C22H31N5O2.ClH/c1-17-15-26(10-11-29-17)16-19-5-2-4-18(12-19)13-24-22(28)21-7-9-27(25-21)20-6-3-8-23-14-20;/h2,4-5,7,9,12,17,20,23H,3,6,8,10-11,13-16H2,1H3,(H,24,28);1H. The van der Waals surface area contributed by atoms with Crippen molar-refractivity contribution in [2.45, 2.75) is 45.0 Å². The number of amides is 1. The molecular formula is C22H32ClN5O2. The van der Waals surface area contributed by atoms with E-state index in [9.17, 15) is 4.79 Å². The Hall–Kier alpha value is -1.93. The molecule has 1 amide bonds. The number of aromatic nitrogens is 2. The minimum Gasteiger partial charge on any atom is -0.376 e. The Morgan fingerprint density at radius 1 is 1.33 bits per heavy atom. The summed E-state index contributed by atoms with van der Waals surface area (Å²) in [6.07, 6.45) is 4.45. The molecule has 1 aromatic heterocycles. The van der Waals surface area contributed by atoms with Crippen LogP contribution in [0.25, 0.3) is 0 Å². The predicted octanol–water partition coefficient (Wildman–Crippen LogP) is 2.38. The number of ether oxygens (including phenoxy) is 1. The molecule has 2 atom stereocenters. The lowest BCUT2D eigenvalue weighted by molar-refractivity contribution is -0.0212. The molecule has 2 N–H and O–H groups in total. The second-order valence-electron chi connectivity index (χ2n) is 8.10. The number of nitrogens with one attached hydrogen (secondary N) is 2. The number of halogens is 1. The van der Waals surface area contributed by atoms with Gasteiger partial charge in [-0.15, -0.1) is 12.4 Å². The van der Waals surface area contributed by atoms with Crippen molar-refractivity contribution in [3.63, 3.8) is 0 Å². The van der Waals surface area contributed by atoms with Crippen LogP contribution in [0.3, 0.4) is 0 Å². The van der Waals surface area contributed by atoms with Gasteiger partial charge in [-0.1, -0.05) is 24.3 Å². The average Bonchev–Trinajstić information content (AvgIpc) is 3.23. The van der Waals surface area contributed by atoms with Crippen molar-refractivity contribution in [1.82, 2.24) is 25.3 Å². The number of hydrogen-bond acceptors (Lipinski definition) is 5. The Morgan fingerprint density at radius 2 is 2.20 bits per heavy atom. The van der Waals surface area contributed by atoms with Crippen LogP contribution in [0.15, 0.2) is 36.5 Å². The van der Waals surface area contributed by atoms with E-state index in [2.05, 4.69) is 51.8 Å². The molecule has 4 rings (SSSR count). The first-order chi connectivity index (χ1) is 14.2. The number of rotatable bonds is 6. The fraction of sp³-hybridized carbons (Fsp3) is 0.545. The van der Waals surface area contributed by atoms with Crippen LogP contribution in [0.4, 0.5) is 0 Å². The van der Waals surface area contributed by atoms with Crippen molar-refractivity contribution in [1.29, 1.82) is 0 Å². The maximum Gasteiger partial charge on any atom is 0.272 e. The van der Waals surface area contributed by atoms with Crippen LogP contribution in [0.2, 0.25) is 0 Å². The minimum absolute atomic E-state index is 0. The van der Waals surface area contributed by atoms with Crippen molar-refractivity contribution in [2.24, 2.45) is 0 Å². The molecule has 3 heterocycles. The van der Waals surface area contributed by atoms with Crippen LogP contribution < -0.4 is 10.6 Å². The highest BCUT2D eigenvalue weighted by atomic mass is 35.5. The van der Waals surface area contributed by atoms with Gasteiger partial charge in [-0.3, -0.25) is 14.4 Å². The van der Waals surface area contributed by atoms with E-state index in [4.69, 9.17) is 4.74 Å². The van der Waals surface area contributed by atoms with Gasteiger partial charge in [0, 0.05) is 38.9 Å². The molecule has 164 valence electrons. The molecule has 2 aliphatic rings. The maximum absolute atomic E-state index is 12.5. The molecule has 2 aromatic rings. The van der Waals surface area contributed by atoms with Gasteiger partial charge in [0.1, 0.15) is 5.69 Å². The summed E-state index contributed by atoms with van der Waals surface area (Å²) in [7, 11) is 0. The number of carbonyl (C=O) groups is 1. The fourth-order valence-electron chi connectivity index (χ4n) is 4.12. The highest BCUT2D eigenvalue weighted by Crippen LogP contribution is 2.16. The minimum atomic E-state index is -0.125. The van der Waals surface area contributed by atoms with Crippen molar-refractivity contribution >= 4 is 18.3 Å². The summed E-state index contributed by atoms with van der Waals surface area (Å²) in [5.41, 5.74) is 2.85. The third-order valence-electron chi connectivity index (χ3n) is 5.66. The Kier molecular flexibility index (Phi) is 8.27. The smallest absolute Gasteiger partial charge is 0.272 e. The van der Waals surface area contributed by atoms with E-state index in [1.54, 1.807) is 6.07 Å². The molecule has 1 aromatic carbocycles. The lowest BCUT2D eigenvalue weighted by atomic mass is 10.1. The SMILES string of the molecule is CC1CN(Cc2cccc(CNC(=O)c3ccn(C4CCCNC4)n3)c2)CCO1.Cl. The van der Waals surface area contributed by atoms with Gasteiger partial charge in [0.2, 0.25) is 0 Å². The van der Waals surface area contributed by atoms with Crippen LogP contribution >= 0.6 is 12.4 Å². The van der Waals surface area contributed by atoms with Crippen molar-refractivity contribution in [2.75, 3.05) is 32.8 Å². The van der Waals surface area contributed by atoms with Gasteiger partial charge in [-0.05, 0) is 43.5 Å². The lowest BCUT2D eigenvalue weighted by Crippen LogP contribution is -2.40. The second-order valence-corrected chi connectivity index (χ2v) is 8.10. The Morgan fingerprint density at radius 3 is 3.00 bits per heavy atom. The molecule has 0 saturated carbocycles. The zero-order chi connectivity index (χ0) is 20.1. The van der Waals surface area contributed by atoms with Gasteiger partial charge in [-0.25, -0.2) is 0 Å². The predicted molar refractivity (Wildman–Crippen MR) is 119 cm³/mol. The first-order valence-corrected chi connectivity index (χ1v) is 10.6. The summed E-state index contributed by atoms with van der Waals surface area (Å²) >= 11 is 0. The van der Waals surface area contributed by atoms with Crippen LogP contribution in [-0.4, -0.2) is 59.5 Å². The van der Waals surface area contributed by atoms with Gasteiger partial charge >= 0.3 is 0 Å². The largest absolute Gasteiger partial charge is 0.376 e. The molecule has 2 fully saturated rings. The molecule has 0 aliphatic carbocycles. The molecule has 2 saturated heterocycles. The Labute approximate surface area is 184 Å². The number of carbonyl (C=O) groups excluding carboxylic acids is 1. The van der Waals surface area contributed by atoms with Gasteiger partial charge in [-0.2, -0.15) is 5.10 Å². The molecule has 8 heteroatoms. The quantitative estimate of drug-likeness (QED) is 0.731. The zero-order valence-electron chi connectivity index (χ0n) is 17.5.